The third-order valence-corrected chi connectivity index (χ3v) is 6.96. The molecule has 0 N–H and O–H groups in total. The van der Waals surface area contributed by atoms with Gasteiger partial charge >= 0.3 is 6.01 Å². The third-order valence-electron chi connectivity index (χ3n) is 5.66. The maximum atomic E-state index is 14.9. The number of aromatic nitrogens is 2. The van der Waals surface area contributed by atoms with E-state index in [0.717, 1.165) is 19.4 Å². The molecule has 4 rings (SSSR count). The summed E-state index contributed by atoms with van der Waals surface area (Å²) in [5.74, 6) is 0.161. The van der Waals surface area contributed by atoms with E-state index in [0.29, 0.717) is 30.7 Å². The molecule has 0 unspecified atom stereocenters. The summed E-state index contributed by atoms with van der Waals surface area (Å²) >= 11 is 9.27. The molecule has 2 saturated heterocycles. The molecular formula is C21H23BrClF2N3O2. The lowest BCUT2D eigenvalue weighted by Gasteiger charge is -2.32. The van der Waals surface area contributed by atoms with Crippen LogP contribution in [0.5, 0.6) is 11.9 Å². The lowest BCUT2D eigenvalue weighted by molar-refractivity contribution is 0.170. The summed E-state index contributed by atoms with van der Waals surface area (Å²) in [7, 11) is 0. The number of hydrogen-bond donors (Lipinski definition) is 0. The summed E-state index contributed by atoms with van der Waals surface area (Å²) in [5.41, 5.74) is -0.547. The summed E-state index contributed by atoms with van der Waals surface area (Å²) < 4.78 is 40.8. The normalized spacial score (nSPS) is 23.9. The van der Waals surface area contributed by atoms with Crippen LogP contribution < -0.4 is 9.47 Å². The van der Waals surface area contributed by atoms with E-state index in [2.05, 4.69) is 37.4 Å². The Morgan fingerprint density at radius 3 is 2.97 bits per heavy atom. The van der Waals surface area contributed by atoms with Gasteiger partial charge in [0.25, 0.3) is 0 Å². The molecule has 0 amide bonds. The van der Waals surface area contributed by atoms with E-state index in [1.807, 2.05) is 13.8 Å². The minimum absolute atomic E-state index is 0.0263. The van der Waals surface area contributed by atoms with Gasteiger partial charge in [-0.1, -0.05) is 32.0 Å². The Morgan fingerprint density at radius 1 is 1.47 bits per heavy atom. The van der Waals surface area contributed by atoms with Crippen molar-refractivity contribution in [1.29, 1.82) is 0 Å². The lowest BCUT2D eigenvalue weighted by atomic mass is 9.92. The van der Waals surface area contributed by atoms with Crippen LogP contribution >= 0.6 is 27.5 Å². The smallest absolute Gasteiger partial charge is 0.325 e. The number of benzene rings is 1. The third kappa shape index (κ3) is 3.78. The molecule has 1 aromatic heterocycles. The zero-order valence-electron chi connectivity index (χ0n) is 16.9. The molecule has 0 saturated carbocycles. The number of nitrogens with zero attached hydrogens (tertiary/aromatic N) is 3. The minimum atomic E-state index is -0.927. The van der Waals surface area contributed by atoms with Gasteiger partial charge in [0, 0.05) is 13.0 Å². The first-order valence-electron chi connectivity index (χ1n) is 9.95. The van der Waals surface area contributed by atoms with Gasteiger partial charge in [0.1, 0.15) is 17.4 Å². The first-order valence-corrected chi connectivity index (χ1v) is 11.1. The number of rotatable bonds is 6. The fourth-order valence-electron chi connectivity index (χ4n) is 4.26. The van der Waals surface area contributed by atoms with E-state index >= 15 is 0 Å². The van der Waals surface area contributed by atoms with Crippen molar-refractivity contribution in [1.82, 2.24) is 14.9 Å². The maximum Gasteiger partial charge on any atom is 0.325 e. The first-order chi connectivity index (χ1) is 14.2. The molecule has 0 bridgehead atoms. The van der Waals surface area contributed by atoms with E-state index < -0.39 is 17.5 Å². The Balaban J connectivity index is 1.72. The van der Waals surface area contributed by atoms with Crippen LogP contribution in [0.15, 0.2) is 22.9 Å². The highest BCUT2D eigenvalue weighted by Crippen LogP contribution is 2.45. The largest absolute Gasteiger partial charge is 0.477 e. The fraction of sp³-hybridized carbons (Fsp3) is 0.524. The maximum absolute atomic E-state index is 14.9. The van der Waals surface area contributed by atoms with Gasteiger partial charge in [0.2, 0.25) is 5.88 Å². The molecule has 30 heavy (non-hydrogen) atoms. The van der Waals surface area contributed by atoms with Gasteiger partial charge in [-0.05, 0) is 47.3 Å². The standard InChI is InChI=1S/C21H23BrClF2N3O2/c1-11(2)10-29-19-14-7-15(23)16(22)17(25)18(14)26-20(27-19)30-12(3)21-5-4-6-28(21)9-13(24)8-21/h7,11,13H,3-6,8-10H2,1-2H3/t13-,21+/m1/s1. The van der Waals surface area contributed by atoms with Gasteiger partial charge in [-0.25, -0.2) is 8.78 Å². The SMILES string of the molecule is C=C(Oc1nc(OCC(C)C)c2cc(Cl)c(Br)c(F)c2n1)[C@@]12CCCN1C[C@H](F)C2. The van der Waals surface area contributed by atoms with Gasteiger partial charge in [0.05, 0.1) is 27.0 Å². The Bertz CT molecular complexity index is 1010. The van der Waals surface area contributed by atoms with Crippen LogP contribution in [0.2, 0.25) is 5.02 Å². The predicted octanol–water partition coefficient (Wildman–Crippen LogP) is 5.69. The predicted molar refractivity (Wildman–Crippen MR) is 115 cm³/mol. The molecule has 2 aliphatic rings. The molecule has 9 heteroatoms. The second kappa shape index (κ2) is 8.20. The Kier molecular flexibility index (Phi) is 5.94. The number of ether oxygens (including phenoxy) is 2. The summed E-state index contributed by atoms with van der Waals surface area (Å²) in [6.45, 7) is 9.59. The Hall–Kier alpha value is -1.51. The van der Waals surface area contributed by atoms with Crippen molar-refractivity contribution >= 4 is 38.4 Å². The van der Waals surface area contributed by atoms with E-state index in [1.54, 1.807) is 6.07 Å². The van der Waals surface area contributed by atoms with Crippen molar-refractivity contribution < 1.29 is 18.3 Å². The highest BCUT2D eigenvalue weighted by Gasteiger charge is 2.52. The molecule has 0 spiro atoms. The summed E-state index contributed by atoms with van der Waals surface area (Å²) in [5, 5.41) is 0.543. The number of alkyl halides is 1. The minimum Gasteiger partial charge on any atom is -0.477 e. The van der Waals surface area contributed by atoms with Crippen LogP contribution in [-0.4, -0.2) is 46.3 Å². The van der Waals surface area contributed by atoms with E-state index in [4.69, 9.17) is 21.1 Å². The molecular weight excluding hydrogens is 480 g/mol. The van der Waals surface area contributed by atoms with Crippen molar-refractivity contribution in [3.63, 3.8) is 0 Å². The molecule has 0 aliphatic carbocycles. The molecule has 162 valence electrons. The number of halogens is 4. The number of hydrogen-bond acceptors (Lipinski definition) is 5. The van der Waals surface area contributed by atoms with Crippen LogP contribution in [-0.2, 0) is 0 Å². The van der Waals surface area contributed by atoms with Gasteiger partial charge in [-0.3, -0.25) is 4.90 Å². The molecule has 5 nitrogen and oxygen atoms in total. The lowest BCUT2D eigenvalue weighted by Crippen LogP contribution is -2.41. The Labute approximate surface area is 187 Å². The monoisotopic (exact) mass is 501 g/mol. The van der Waals surface area contributed by atoms with Crippen LogP contribution in [0.1, 0.15) is 33.1 Å². The summed E-state index contributed by atoms with van der Waals surface area (Å²) in [4.78, 5) is 10.7. The fourth-order valence-corrected chi connectivity index (χ4v) is 4.76. The van der Waals surface area contributed by atoms with Crippen molar-refractivity contribution in [2.45, 2.75) is 44.8 Å². The zero-order chi connectivity index (χ0) is 21.6. The first kappa shape index (κ1) is 21.7. The number of fused-ring (bicyclic) bond motifs is 2. The average Bonchev–Trinajstić information content (AvgIpc) is 3.22. The van der Waals surface area contributed by atoms with Gasteiger partial charge < -0.3 is 9.47 Å². The molecule has 3 heterocycles. The van der Waals surface area contributed by atoms with Crippen molar-refractivity contribution in [3.05, 3.63) is 33.7 Å². The van der Waals surface area contributed by atoms with Crippen molar-refractivity contribution in [2.24, 2.45) is 5.92 Å². The average molecular weight is 503 g/mol. The second-order valence-corrected chi connectivity index (χ2v) is 9.51. The van der Waals surface area contributed by atoms with Crippen molar-refractivity contribution in [3.8, 4) is 11.9 Å². The van der Waals surface area contributed by atoms with Crippen LogP contribution in [0, 0.1) is 11.7 Å². The van der Waals surface area contributed by atoms with Crippen LogP contribution in [0.25, 0.3) is 10.9 Å². The molecule has 2 fully saturated rings. The molecule has 2 aromatic rings. The molecule has 2 atom stereocenters. The Morgan fingerprint density at radius 2 is 2.23 bits per heavy atom. The van der Waals surface area contributed by atoms with Gasteiger partial charge in [-0.2, -0.15) is 9.97 Å². The van der Waals surface area contributed by atoms with Gasteiger partial charge in [-0.15, -0.1) is 0 Å². The molecule has 0 radical (unpaired) electrons. The van der Waals surface area contributed by atoms with E-state index in [1.165, 1.54) is 0 Å². The topological polar surface area (TPSA) is 47.5 Å². The quantitative estimate of drug-likeness (QED) is 0.375. The zero-order valence-corrected chi connectivity index (χ0v) is 19.2. The van der Waals surface area contributed by atoms with Crippen LogP contribution in [0.4, 0.5) is 8.78 Å². The molecule has 1 aromatic carbocycles. The molecule has 2 aliphatic heterocycles. The van der Waals surface area contributed by atoms with Gasteiger partial charge in [0.15, 0.2) is 5.82 Å². The summed E-state index contributed by atoms with van der Waals surface area (Å²) in [6.07, 6.45) is 1.09. The van der Waals surface area contributed by atoms with E-state index in [-0.39, 0.29) is 32.8 Å². The summed E-state index contributed by atoms with van der Waals surface area (Å²) in [6, 6.07) is 1.48. The second-order valence-electron chi connectivity index (χ2n) is 8.31. The highest BCUT2D eigenvalue weighted by molar-refractivity contribution is 9.10. The highest BCUT2D eigenvalue weighted by atomic mass is 79.9. The van der Waals surface area contributed by atoms with Crippen molar-refractivity contribution in [2.75, 3.05) is 19.7 Å². The van der Waals surface area contributed by atoms with E-state index in [9.17, 15) is 8.78 Å². The van der Waals surface area contributed by atoms with Crippen LogP contribution in [0.3, 0.4) is 0 Å².